The van der Waals surface area contributed by atoms with E-state index in [0.717, 1.165) is 22.3 Å². The van der Waals surface area contributed by atoms with Gasteiger partial charge in [0.25, 0.3) is 0 Å². The first-order valence-corrected chi connectivity index (χ1v) is 17.0. The average Bonchev–Trinajstić information content (AvgIpc) is 3.67. The van der Waals surface area contributed by atoms with Gasteiger partial charge in [-0.25, -0.2) is 4.79 Å². The third-order valence-corrected chi connectivity index (χ3v) is 11.5. The van der Waals surface area contributed by atoms with Gasteiger partial charge in [-0.3, -0.25) is 9.59 Å². The van der Waals surface area contributed by atoms with E-state index in [-0.39, 0.29) is 5.91 Å². The van der Waals surface area contributed by atoms with E-state index in [9.17, 15) is 14.4 Å². The lowest BCUT2D eigenvalue weighted by atomic mass is 9.75. The topological polar surface area (TPSA) is 72.9 Å². The molecule has 4 aromatic rings. The summed E-state index contributed by atoms with van der Waals surface area (Å²) in [7, 11) is 0. The molecule has 3 aliphatic rings. The summed E-state index contributed by atoms with van der Waals surface area (Å²) < 4.78 is 11.7. The molecule has 240 valence electrons. The van der Waals surface area contributed by atoms with Gasteiger partial charge in [0, 0.05) is 4.75 Å². The van der Waals surface area contributed by atoms with Crippen LogP contribution in [0.4, 0.5) is 0 Å². The molecule has 6 nitrogen and oxygen atoms in total. The van der Waals surface area contributed by atoms with Crippen LogP contribution in [0.1, 0.15) is 63.0 Å². The number of carbonyl (C=O) groups excluding carboxylic acids is 3. The summed E-state index contributed by atoms with van der Waals surface area (Å²) in [5.41, 5.74) is 0.614. The van der Waals surface area contributed by atoms with Gasteiger partial charge in [-0.15, -0.1) is 11.8 Å². The second-order valence-corrected chi connectivity index (χ2v) is 15.9. The lowest BCUT2D eigenvalue weighted by Gasteiger charge is -2.47. The minimum atomic E-state index is -1.13. The Labute approximate surface area is 280 Å². The van der Waals surface area contributed by atoms with Gasteiger partial charge in [-0.05, 0) is 56.9 Å². The Morgan fingerprint density at radius 3 is 1.62 bits per heavy atom. The molecule has 2 unspecified atom stereocenters. The van der Waals surface area contributed by atoms with Crippen LogP contribution < -0.4 is 0 Å². The van der Waals surface area contributed by atoms with Crippen LogP contribution in [-0.4, -0.2) is 44.5 Å². The first-order valence-electron chi connectivity index (χ1n) is 16.1. The number of hydrogen-bond acceptors (Lipinski definition) is 6. The van der Waals surface area contributed by atoms with E-state index >= 15 is 0 Å². The highest BCUT2D eigenvalue weighted by Gasteiger charge is 2.95. The number of ether oxygens (including phenoxy) is 2. The highest BCUT2D eigenvalue weighted by molar-refractivity contribution is 8.01. The molecule has 0 aromatic heterocycles. The zero-order valence-electron chi connectivity index (χ0n) is 27.3. The number of esters is 2. The largest absolute Gasteiger partial charge is 0.460 e. The fourth-order valence-corrected chi connectivity index (χ4v) is 9.91. The Kier molecular flexibility index (Phi) is 7.39. The van der Waals surface area contributed by atoms with Gasteiger partial charge in [0.1, 0.15) is 17.1 Å². The molecule has 1 amide bonds. The van der Waals surface area contributed by atoms with Crippen LogP contribution in [0.15, 0.2) is 121 Å². The number of thioether (sulfide) groups is 1. The van der Waals surface area contributed by atoms with Crippen molar-refractivity contribution in [3.63, 3.8) is 0 Å². The van der Waals surface area contributed by atoms with E-state index in [1.165, 1.54) is 0 Å². The number of β-lactam (4-membered cyclic amide) rings is 1. The van der Waals surface area contributed by atoms with Crippen molar-refractivity contribution < 1.29 is 23.9 Å². The molecule has 1 spiro atoms. The van der Waals surface area contributed by atoms with E-state index in [2.05, 4.69) is 0 Å². The van der Waals surface area contributed by atoms with Crippen LogP contribution in [0, 0.1) is 11.3 Å². The van der Waals surface area contributed by atoms with E-state index < -0.39 is 56.6 Å². The molecule has 7 heteroatoms. The molecule has 0 radical (unpaired) electrons. The molecular formula is C40H39NO5S. The zero-order valence-corrected chi connectivity index (χ0v) is 28.1. The first kappa shape index (κ1) is 31.3. The Bertz CT molecular complexity index is 1730. The highest BCUT2D eigenvalue weighted by atomic mass is 32.2. The Morgan fingerprint density at radius 2 is 1.17 bits per heavy atom. The van der Waals surface area contributed by atoms with Gasteiger partial charge >= 0.3 is 11.9 Å². The van der Waals surface area contributed by atoms with Crippen molar-refractivity contribution >= 4 is 29.6 Å². The van der Waals surface area contributed by atoms with E-state index in [4.69, 9.17) is 9.47 Å². The Hall–Kier alpha value is -4.36. The number of hydrogen-bond donors (Lipinski definition) is 0. The molecule has 4 aromatic carbocycles. The van der Waals surface area contributed by atoms with Gasteiger partial charge in [0.15, 0.2) is 6.10 Å². The maximum Gasteiger partial charge on any atom is 0.331 e. The quantitative estimate of drug-likeness (QED) is 0.155. The summed E-state index contributed by atoms with van der Waals surface area (Å²) in [5, 5.41) is -0.451. The normalized spacial score (nSPS) is 25.2. The smallest absolute Gasteiger partial charge is 0.331 e. The van der Waals surface area contributed by atoms with E-state index in [1.54, 1.807) is 16.7 Å². The van der Waals surface area contributed by atoms with Crippen LogP contribution in [0.3, 0.4) is 0 Å². The van der Waals surface area contributed by atoms with Crippen LogP contribution in [0.25, 0.3) is 0 Å². The van der Waals surface area contributed by atoms with Gasteiger partial charge in [0.05, 0.1) is 16.7 Å². The summed E-state index contributed by atoms with van der Waals surface area (Å²) in [4.78, 5) is 45.3. The molecule has 1 aliphatic carbocycles. The molecule has 47 heavy (non-hydrogen) atoms. The number of carbonyl (C=O) groups is 3. The molecule has 2 aliphatic heterocycles. The fraction of sp³-hybridized carbons (Fsp3) is 0.325. The molecule has 2 heterocycles. The molecule has 7 rings (SSSR count). The Morgan fingerprint density at radius 1 is 0.723 bits per heavy atom. The van der Waals surface area contributed by atoms with Crippen molar-refractivity contribution in [1.29, 1.82) is 0 Å². The number of rotatable bonds is 7. The van der Waals surface area contributed by atoms with Crippen LogP contribution >= 0.6 is 11.8 Å². The number of amides is 1. The third kappa shape index (κ3) is 4.65. The lowest BCUT2D eigenvalue weighted by Crippen LogP contribution is -2.67. The predicted molar refractivity (Wildman–Crippen MR) is 182 cm³/mol. The SMILES string of the molecule is CC(C)(C)OC(=O)C1C(c2ccccc2)(c2ccccc2)C12C(=O)N1[C@@H](C(=O)OC(c3ccccc3)c3ccccc3)C(C)(C)S[C@@H]12. The van der Waals surface area contributed by atoms with Crippen molar-refractivity contribution in [2.45, 2.75) is 67.9 Å². The van der Waals surface area contributed by atoms with Gasteiger partial charge < -0.3 is 14.4 Å². The molecule has 1 saturated carbocycles. The van der Waals surface area contributed by atoms with E-state index in [0.29, 0.717) is 0 Å². The lowest BCUT2D eigenvalue weighted by molar-refractivity contribution is -0.174. The summed E-state index contributed by atoms with van der Waals surface area (Å²) >= 11 is 1.57. The monoisotopic (exact) mass is 645 g/mol. The molecule has 0 N–H and O–H groups in total. The van der Waals surface area contributed by atoms with Crippen molar-refractivity contribution in [1.82, 2.24) is 4.90 Å². The zero-order chi connectivity index (χ0) is 33.2. The second kappa shape index (κ2) is 11.1. The van der Waals surface area contributed by atoms with Gasteiger partial charge in [0.2, 0.25) is 5.91 Å². The average molecular weight is 646 g/mol. The van der Waals surface area contributed by atoms with Gasteiger partial charge in [-0.1, -0.05) is 121 Å². The summed E-state index contributed by atoms with van der Waals surface area (Å²) in [6, 6.07) is 38.1. The predicted octanol–water partition coefficient (Wildman–Crippen LogP) is 7.33. The van der Waals surface area contributed by atoms with Crippen molar-refractivity contribution in [2.75, 3.05) is 0 Å². The van der Waals surface area contributed by atoms with Crippen LogP contribution in [0.5, 0.6) is 0 Å². The Balaban J connectivity index is 1.31. The maximum atomic E-state index is 15.0. The summed E-state index contributed by atoms with van der Waals surface area (Å²) in [6.45, 7) is 9.51. The highest BCUT2D eigenvalue weighted by Crippen LogP contribution is 2.83. The molecule has 0 bridgehead atoms. The first-order chi connectivity index (χ1) is 22.4. The molecule has 4 atom stereocenters. The van der Waals surface area contributed by atoms with Crippen molar-refractivity contribution in [2.24, 2.45) is 11.3 Å². The fourth-order valence-electron chi connectivity index (χ4n) is 8.06. The number of fused-ring (bicyclic) bond motifs is 2. The summed E-state index contributed by atoms with van der Waals surface area (Å²) in [6.07, 6.45) is -0.641. The molecule has 2 saturated heterocycles. The van der Waals surface area contributed by atoms with Crippen molar-refractivity contribution in [3.05, 3.63) is 144 Å². The number of benzene rings is 4. The van der Waals surface area contributed by atoms with Gasteiger partial charge in [-0.2, -0.15) is 0 Å². The van der Waals surface area contributed by atoms with Crippen LogP contribution in [0.2, 0.25) is 0 Å². The van der Waals surface area contributed by atoms with E-state index in [1.807, 2.05) is 156 Å². The third-order valence-electron chi connectivity index (χ3n) is 9.80. The van der Waals surface area contributed by atoms with Crippen LogP contribution in [-0.2, 0) is 29.3 Å². The maximum absolute atomic E-state index is 15.0. The minimum Gasteiger partial charge on any atom is -0.460 e. The molecule has 3 fully saturated rings. The second-order valence-electron chi connectivity index (χ2n) is 14.2. The standard InChI is InChI=1S/C40H39NO5S/c1-37(2,3)46-33(42)31-39(28-22-14-8-15-23-28,29-24-16-9-17-25-29)40(31)35(44)41-32(38(4,5)47-36(40)41)34(43)45-30(26-18-10-6-11-19-26)27-20-12-7-13-21-27/h6-25,30-32,36H,1-5H3/t31?,32-,36+,40?/m0/s1. The number of nitrogens with zero attached hydrogens (tertiary/aromatic N) is 1. The molecular weight excluding hydrogens is 607 g/mol. The summed E-state index contributed by atoms with van der Waals surface area (Å²) in [5.74, 6) is -1.87. The minimum absolute atomic E-state index is 0.220. The van der Waals surface area contributed by atoms with Crippen molar-refractivity contribution in [3.8, 4) is 0 Å².